The van der Waals surface area contributed by atoms with Crippen LogP contribution in [0.1, 0.15) is 5.56 Å². The van der Waals surface area contributed by atoms with Gasteiger partial charge in [-0.3, -0.25) is 0 Å². The highest BCUT2D eigenvalue weighted by Gasteiger charge is 2.22. The quantitative estimate of drug-likeness (QED) is 0.590. The third kappa shape index (κ3) is 2.72. The van der Waals surface area contributed by atoms with E-state index in [2.05, 4.69) is 6.07 Å². The molecule has 0 aliphatic carbocycles. The fourth-order valence-corrected chi connectivity index (χ4v) is 1.10. The summed E-state index contributed by atoms with van der Waals surface area (Å²) in [5.74, 6) is 0. The normalized spacial score (nSPS) is 11.6. The highest BCUT2D eigenvalue weighted by Crippen LogP contribution is 2.38. The van der Waals surface area contributed by atoms with Gasteiger partial charge in [0.1, 0.15) is 0 Å². The third-order valence-corrected chi connectivity index (χ3v) is 1.91. The molecule has 0 nitrogen and oxygen atoms in total. The Kier molecular flexibility index (Phi) is 2.93. The maximum Gasteiger partial charge on any atom is 0.216 e. The first kappa shape index (κ1) is 9.47. The van der Waals surface area contributed by atoms with Crippen molar-refractivity contribution in [1.29, 1.82) is 0 Å². The van der Waals surface area contributed by atoms with Crippen LogP contribution < -0.4 is 0 Å². The highest BCUT2D eigenvalue weighted by molar-refractivity contribution is 6.66. The van der Waals surface area contributed by atoms with Crippen molar-refractivity contribution in [2.75, 3.05) is 0 Å². The molecule has 0 fully saturated rings. The molecule has 0 saturated carbocycles. The Morgan fingerprint density at radius 1 is 1.27 bits per heavy atom. The van der Waals surface area contributed by atoms with Crippen LogP contribution in [0.3, 0.4) is 0 Å². The van der Waals surface area contributed by atoms with Gasteiger partial charge in [-0.1, -0.05) is 52.5 Å². The van der Waals surface area contributed by atoms with Crippen molar-refractivity contribution < 1.29 is 0 Å². The van der Waals surface area contributed by atoms with Crippen molar-refractivity contribution in [1.82, 2.24) is 0 Å². The summed E-state index contributed by atoms with van der Waals surface area (Å²) in [6.07, 6.45) is 0. The van der Waals surface area contributed by atoms with E-state index in [-0.39, 0.29) is 0 Å². The second-order valence-electron chi connectivity index (χ2n) is 1.92. The molecule has 1 aromatic rings. The predicted octanol–water partition coefficient (Wildman–Crippen LogP) is 3.97. The summed E-state index contributed by atoms with van der Waals surface area (Å²) >= 11 is 22.4. The Bertz CT molecular complexity index is 251. The zero-order chi connectivity index (χ0) is 8.48. The molecule has 0 bridgehead atoms. The van der Waals surface area contributed by atoms with E-state index < -0.39 is 3.79 Å². The van der Waals surface area contributed by atoms with Crippen molar-refractivity contribution in [2.24, 2.45) is 0 Å². The number of alkyl halides is 3. The summed E-state index contributed by atoms with van der Waals surface area (Å²) in [5, 5.41) is 0.532. The van der Waals surface area contributed by atoms with E-state index in [1.807, 2.05) is 0 Å². The van der Waals surface area contributed by atoms with Gasteiger partial charge in [0.25, 0.3) is 0 Å². The van der Waals surface area contributed by atoms with Crippen LogP contribution in [-0.4, -0.2) is 0 Å². The highest BCUT2D eigenvalue weighted by atomic mass is 35.6. The molecule has 0 spiro atoms. The lowest BCUT2D eigenvalue weighted by Crippen LogP contribution is -1.99. The minimum absolute atomic E-state index is 0.454. The fourth-order valence-electron chi connectivity index (χ4n) is 0.602. The first-order valence-electron chi connectivity index (χ1n) is 2.74. The molecule has 1 radical (unpaired) electrons. The van der Waals surface area contributed by atoms with Crippen molar-refractivity contribution in [3.63, 3.8) is 0 Å². The molecule has 0 saturated heterocycles. The average molecular weight is 229 g/mol. The van der Waals surface area contributed by atoms with Crippen molar-refractivity contribution in [3.8, 4) is 0 Å². The Morgan fingerprint density at radius 2 is 1.91 bits per heavy atom. The van der Waals surface area contributed by atoms with E-state index in [4.69, 9.17) is 46.4 Å². The molecule has 1 rings (SSSR count). The van der Waals surface area contributed by atoms with Crippen LogP contribution in [0.2, 0.25) is 5.02 Å². The van der Waals surface area contributed by atoms with Crippen LogP contribution in [0, 0.1) is 6.07 Å². The molecule has 0 aliphatic rings. The minimum Gasteiger partial charge on any atom is -0.0843 e. The third-order valence-electron chi connectivity index (χ3n) is 1.07. The van der Waals surface area contributed by atoms with Crippen LogP contribution in [0.25, 0.3) is 0 Å². The molecule has 11 heavy (non-hydrogen) atoms. The van der Waals surface area contributed by atoms with Gasteiger partial charge in [0.2, 0.25) is 3.79 Å². The van der Waals surface area contributed by atoms with Crippen molar-refractivity contribution in [2.45, 2.75) is 3.79 Å². The van der Waals surface area contributed by atoms with Gasteiger partial charge in [-0.05, 0) is 18.2 Å². The Morgan fingerprint density at radius 3 is 2.27 bits per heavy atom. The molecule has 0 unspecified atom stereocenters. The number of hydrogen-bond acceptors (Lipinski definition) is 0. The van der Waals surface area contributed by atoms with Crippen LogP contribution in [0.4, 0.5) is 0 Å². The monoisotopic (exact) mass is 227 g/mol. The van der Waals surface area contributed by atoms with Crippen molar-refractivity contribution in [3.05, 3.63) is 34.9 Å². The van der Waals surface area contributed by atoms with E-state index >= 15 is 0 Å². The van der Waals surface area contributed by atoms with E-state index in [0.717, 1.165) is 0 Å². The molecule has 1 aromatic carbocycles. The molecule has 4 heteroatoms. The maximum atomic E-state index is 5.65. The Hall–Kier alpha value is 0.380. The Balaban J connectivity index is 3.06. The van der Waals surface area contributed by atoms with Gasteiger partial charge in [-0.2, -0.15) is 0 Å². The zero-order valence-corrected chi connectivity index (χ0v) is 8.27. The van der Waals surface area contributed by atoms with Crippen LogP contribution >= 0.6 is 46.4 Å². The number of hydrogen-bond donors (Lipinski definition) is 0. The smallest absolute Gasteiger partial charge is 0.0843 e. The van der Waals surface area contributed by atoms with E-state index in [0.29, 0.717) is 10.6 Å². The number of benzene rings is 1. The van der Waals surface area contributed by atoms with Gasteiger partial charge < -0.3 is 0 Å². The maximum absolute atomic E-state index is 5.65. The van der Waals surface area contributed by atoms with Gasteiger partial charge in [-0.15, -0.1) is 0 Å². The lowest BCUT2D eigenvalue weighted by molar-refractivity contribution is 1.24. The van der Waals surface area contributed by atoms with Gasteiger partial charge >= 0.3 is 0 Å². The standard InChI is InChI=1S/C7H3Cl4/c8-6-3-1-2-5(4-6)7(9,10)11/h1,3-4H. The van der Waals surface area contributed by atoms with Crippen LogP contribution in [0.5, 0.6) is 0 Å². The van der Waals surface area contributed by atoms with Crippen LogP contribution in [0.15, 0.2) is 18.2 Å². The Labute approximate surface area is 85.0 Å². The largest absolute Gasteiger partial charge is 0.216 e. The predicted molar refractivity (Wildman–Crippen MR) is 49.5 cm³/mol. The summed E-state index contributed by atoms with van der Waals surface area (Å²) in [6.45, 7) is 0. The molecule has 0 amide bonds. The second kappa shape index (κ2) is 3.40. The number of rotatable bonds is 0. The van der Waals surface area contributed by atoms with Gasteiger partial charge in [-0.25, -0.2) is 0 Å². The van der Waals surface area contributed by atoms with E-state index in [1.54, 1.807) is 18.2 Å². The molecule has 0 N–H and O–H groups in total. The minimum atomic E-state index is -1.44. The SMILES string of the molecule is Clc1cc[c]c(C(Cl)(Cl)Cl)c1. The first-order chi connectivity index (χ1) is 5.00. The molecule has 59 valence electrons. The first-order valence-corrected chi connectivity index (χ1v) is 4.26. The second-order valence-corrected chi connectivity index (χ2v) is 4.64. The zero-order valence-electron chi connectivity index (χ0n) is 5.24. The summed E-state index contributed by atoms with van der Waals surface area (Å²) in [7, 11) is 0. The number of halogens is 4. The lowest BCUT2D eigenvalue weighted by Gasteiger charge is -2.09. The lowest BCUT2D eigenvalue weighted by atomic mass is 10.2. The van der Waals surface area contributed by atoms with Gasteiger partial charge in [0, 0.05) is 10.6 Å². The van der Waals surface area contributed by atoms with Gasteiger partial charge in [0.15, 0.2) is 0 Å². The van der Waals surface area contributed by atoms with Gasteiger partial charge in [0.05, 0.1) is 0 Å². The molecule has 0 aromatic heterocycles. The fraction of sp³-hybridized carbons (Fsp3) is 0.143. The molecule has 0 aliphatic heterocycles. The molecular formula is C7H3Cl4. The summed E-state index contributed by atoms with van der Waals surface area (Å²) in [6, 6.07) is 7.61. The molecule has 0 heterocycles. The summed E-state index contributed by atoms with van der Waals surface area (Å²) < 4.78 is -1.44. The van der Waals surface area contributed by atoms with E-state index in [1.165, 1.54) is 0 Å². The summed E-state index contributed by atoms with van der Waals surface area (Å²) in [4.78, 5) is 0. The average Bonchev–Trinajstić information content (AvgIpc) is 1.86. The van der Waals surface area contributed by atoms with E-state index in [9.17, 15) is 0 Å². The van der Waals surface area contributed by atoms with Crippen molar-refractivity contribution >= 4 is 46.4 Å². The van der Waals surface area contributed by atoms with Crippen LogP contribution in [-0.2, 0) is 3.79 Å². The molecular weight excluding hydrogens is 226 g/mol. The topological polar surface area (TPSA) is 0 Å². The molecule has 0 atom stereocenters. The summed E-state index contributed by atoms with van der Waals surface area (Å²) in [5.41, 5.74) is 0.454.